The molecule has 6 heteroatoms. The molecule has 0 heterocycles. The quantitative estimate of drug-likeness (QED) is 0.454. The molecule has 0 aliphatic heterocycles. The average Bonchev–Trinajstić information content (AvgIpc) is 2.10. The van der Waals surface area contributed by atoms with Crippen molar-refractivity contribution < 1.29 is 4.79 Å². The van der Waals surface area contributed by atoms with Crippen molar-refractivity contribution in [3.05, 3.63) is 33.7 Å². The zero-order valence-corrected chi connectivity index (χ0v) is 8.12. The van der Waals surface area contributed by atoms with Gasteiger partial charge in [-0.15, -0.1) is 0 Å². The highest BCUT2D eigenvalue weighted by atomic mass is 35.5. The van der Waals surface area contributed by atoms with Crippen molar-refractivity contribution in [2.45, 2.75) is 6.92 Å². The van der Waals surface area contributed by atoms with Crippen LogP contribution in [-0.2, 0) is 4.79 Å². The van der Waals surface area contributed by atoms with E-state index in [0.717, 1.165) is 0 Å². The first-order chi connectivity index (χ1) is 6.63. The molecule has 0 radical (unpaired) electrons. The van der Waals surface area contributed by atoms with Crippen LogP contribution in [0.5, 0.6) is 0 Å². The zero-order chi connectivity index (χ0) is 10.6. The van der Waals surface area contributed by atoms with Crippen molar-refractivity contribution in [3.63, 3.8) is 0 Å². The van der Waals surface area contributed by atoms with Crippen molar-refractivity contribution in [2.24, 2.45) is 5.11 Å². The van der Waals surface area contributed by atoms with Gasteiger partial charge in [0.2, 0.25) is 5.91 Å². The maximum Gasteiger partial charge on any atom is 0.221 e. The van der Waals surface area contributed by atoms with E-state index in [4.69, 9.17) is 17.1 Å². The second kappa shape index (κ2) is 4.50. The van der Waals surface area contributed by atoms with E-state index in [0.29, 0.717) is 16.4 Å². The highest BCUT2D eigenvalue weighted by Gasteiger charge is 2.00. The molecule has 1 aromatic carbocycles. The van der Waals surface area contributed by atoms with Crippen molar-refractivity contribution in [3.8, 4) is 0 Å². The number of carbonyl (C=O) groups excluding carboxylic acids is 1. The number of nitrogens with zero attached hydrogens (tertiary/aromatic N) is 3. The molecule has 1 rings (SSSR count). The number of rotatable bonds is 2. The molecular formula is C8H7ClN4O. The van der Waals surface area contributed by atoms with Crippen LogP contribution < -0.4 is 5.32 Å². The summed E-state index contributed by atoms with van der Waals surface area (Å²) in [6, 6.07) is 4.68. The van der Waals surface area contributed by atoms with Gasteiger partial charge in [0, 0.05) is 17.5 Å². The molecule has 14 heavy (non-hydrogen) atoms. The Balaban J connectivity index is 3.05. The Bertz CT molecular complexity index is 412. The van der Waals surface area contributed by atoms with Crippen LogP contribution in [0.1, 0.15) is 6.92 Å². The Labute approximate surface area is 85.3 Å². The SMILES string of the molecule is CC(=O)Nc1ccc(Cl)c(N=[N+]=[N-])c1. The Morgan fingerprint density at radius 2 is 2.36 bits per heavy atom. The molecule has 0 spiro atoms. The number of amides is 1. The molecule has 0 atom stereocenters. The second-order valence-electron chi connectivity index (χ2n) is 2.54. The number of anilines is 1. The van der Waals surface area contributed by atoms with Crippen LogP contribution in [0, 0.1) is 0 Å². The van der Waals surface area contributed by atoms with Crippen molar-refractivity contribution in [1.29, 1.82) is 0 Å². The third kappa shape index (κ3) is 2.65. The zero-order valence-electron chi connectivity index (χ0n) is 7.36. The molecule has 0 aromatic heterocycles. The van der Waals surface area contributed by atoms with Crippen molar-refractivity contribution in [1.82, 2.24) is 0 Å². The van der Waals surface area contributed by atoms with Crippen molar-refractivity contribution in [2.75, 3.05) is 5.32 Å². The van der Waals surface area contributed by atoms with E-state index in [-0.39, 0.29) is 5.91 Å². The van der Waals surface area contributed by atoms with Gasteiger partial charge in [0.05, 0.1) is 10.7 Å². The minimum absolute atomic E-state index is 0.195. The monoisotopic (exact) mass is 210 g/mol. The molecule has 1 aromatic rings. The van der Waals surface area contributed by atoms with Crippen molar-refractivity contribution >= 4 is 28.9 Å². The van der Waals surface area contributed by atoms with Gasteiger partial charge in [-0.25, -0.2) is 0 Å². The molecule has 0 bridgehead atoms. The first-order valence-electron chi connectivity index (χ1n) is 3.75. The van der Waals surface area contributed by atoms with Crippen LogP contribution in [0.15, 0.2) is 23.3 Å². The fraction of sp³-hybridized carbons (Fsp3) is 0.125. The second-order valence-corrected chi connectivity index (χ2v) is 2.94. The number of halogens is 1. The molecule has 0 aliphatic carbocycles. The maximum atomic E-state index is 10.7. The third-order valence-electron chi connectivity index (χ3n) is 1.42. The van der Waals surface area contributed by atoms with Crippen LogP contribution in [0.4, 0.5) is 11.4 Å². The molecule has 1 amide bonds. The number of carbonyl (C=O) groups is 1. The van der Waals surface area contributed by atoms with Gasteiger partial charge in [-0.2, -0.15) is 0 Å². The molecule has 5 nitrogen and oxygen atoms in total. The predicted molar refractivity (Wildman–Crippen MR) is 54.6 cm³/mol. The maximum absolute atomic E-state index is 10.7. The summed E-state index contributed by atoms with van der Waals surface area (Å²) < 4.78 is 0. The fourth-order valence-electron chi connectivity index (χ4n) is 0.919. The van der Waals surface area contributed by atoms with E-state index in [9.17, 15) is 4.79 Å². The molecule has 0 saturated carbocycles. The standard InChI is InChI=1S/C8H7ClN4O/c1-5(14)11-6-2-3-7(9)8(4-6)12-13-10/h2-4H,1H3,(H,11,14). The third-order valence-corrected chi connectivity index (χ3v) is 1.74. The van der Waals surface area contributed by atoms with E-state index in [1.54, 1.807) is 12.1 Å². The number of nitrogens with one attached hydrogen (secondary N) is 1. The largest absolute Gasteiger partial charge is 0.326 e. The highest BCUT2D eigenvalue weighted by molar-refractivity contribution is 6.33. The lowest BCUT2D eigenvalue weighted by Gasteiger charge is -2.03. The van der Waals surface area contributed by atoms with Gasteiger partial charge in [0.25, 0.3) is 0 Å². The van der Waals surface area contributed by atoms with Gasteiger partial charge >= 0.3 is 0 Å². The lowest BCUT2D eigenvalue weighted by molar-refractivity contribution is -0.114. The van der Waals surface area contributed by atoms with Gasteiger partial charge in [-0.1, -0.05) is 16.7 Å². The van der Waals surface area contributed by atoms with Crippen LogP contribution >= 0.6 is 11.6 Å². The minimum Gasteiger partial charge on any atom is -0.326 e. The number of hydrogen-bond acceptors (Lipinski definition) is 2. The predicted octanol–water partition coefficient (Wildman–Crippen LogP) is 3.24. The molecular weight excluding hydrogens is 204 g/mol. The van der Waals surface area contributed by atoms with Gasteiger partial charge in [0.15, 0.2) is 0 Å². The van der Waals surface area contributed by atoms with E-state index >= 15 is 0 Å². The number of hydrogen-bond donors (Lipinski definition) is 1. The Hall–Kier alpha value is -1.71. The normalized spacial score (nSPS) is 9.00. The summed E-state index contributed by atoms with van der Waals surface area (Å²) in [6.07, 6.45) is 0. The lowest BCUT2D eigenvalue weighted by Crippen LogP contribution is -2.05. The average molecular weight is 211 g/mol. The molecule has 0 aliphatic rings. The summed E-state index contributed by atoms with van der Waals surface area (Å²) in [6.45, 7) is 1.39. The van der Waals surface area contributed by atoms with Crippen LogP contribution in [0.25, 0.3) is 10.4 Å². The van der Waals surface area contributed by atoms with Gasteiger partial charge in [-0.05, 0) is 23.7 Å². The smallest absolute Gasteiger partial charge is 0.221 e. The summed E-state index contributed by atoms with van der Waals surface area (Å²) in [5.41, 5.74) is 9.07. The summed E-state index contributed by atoms with van der Waals surface area (Å²) in [5, 5.41) is 6.27. The Morgan fingerprint density at radius 3 is 2.93 bits per heavy atom. The fourth-order valence-corrected chi connectivity index (χ4v) is 1.07. The topological polar surface area (TPSA) is 77.9 Å². The van der Waals surface area contributed by atoms with Crippen LogP contribution in [-0.4, -0.2) is 5.91 Å². The highest BCUT2D eigenvalue weighted by Crippen LogP contribution is 2.28. The van der Waals surface area contributed by atoms with Gasteiger partial charge in [0.1, 0.15) is 0 Å². The van der Waals surface area contributed by atoms with Crippen LogP contribution in [0.3, 0.4) is 0 Å². The molecule has 0 fully saturated rings. The first-order valence-corrected chi connectivity index (χ1v) is 4.13. The van der Waals surface area contributed by atoms with Gasteiger partial charge in [-0.3, -0.25) is 4.79 Å². The summed E-state index contributed by atoms with van der Waals surface area (Å²) in [5.74, 6) is -0.195. The summed E-state index contributed by atoms with van der Waals surface area (Å²) >= 11 is 5.73. The summed E-state index contributed by atoms with van der Waals surface area (Å²) in [4.78, 5) is 13.3. The van der Waals surface area contributed by atoms with E-state index < -0.39 is 0 Å². The number of azide groups is 1. The first kappa shape index (κ1) is 10.4. The molecule has 1 N–H and O–H groups in total. The lowest BCUT2D eigenvalue weighted by atomic mass is 10.3. The van der Waals surface area contributed by atoms with Crippen LogP contribution in [0.2, 0.25) is 5.02 Å². The minimum atomic E-state index is -0.195. The van der Waals surface area contributed by atoms with E-state index in [1.807, 2.05) is 0 Å². The van der Waals surface area contributed by atoms with Gasteiger partial charge < -0.3 is 5.32 Å². The summed E-state index contributed by atoms with van der Waals surface area (Å²) in [7, 11) is 0. The Morgan fingerprint density at radius 1 is 1.64 bits per heavy atom. The molecule has 72 valence electrons. The van der Waals surface area contributed by atoms with E-state index in [1.165, 1.54) is 13.0 Å². The molecule has 0 saturated heterocycles. The Kier molecular flexibility index (Phi) is 3.34. The number of benzene rings is 1. The van der Waals surface area contributed by atoms with E-state index in [2.05, 4.69) is 15.3 Å². The molecule has 0 unspecified atom stereocenters.